The fourth-order valence-electron chi connectivity index (χ4n) is 0.833. The summed E-state index contributed by atoms with van der Waals surface area (Å²) in [4.78, 5) is 0. The van der Waals surface area contributed by atoms with Crippen LogP contribution in [0.15, 0.2) is 0 Å². The van der Waals surface area contributed by atoms with Gasteiger partial charge in [0.2, 0.25) is 0 Å². The van der Waals surface area contributed by atoms with Gasteiger partial charge in [-0.25, -0.2) is 0 Å². The Bertz CT molecular complexity index is 54.4. The van der Waals surface area contributed by atoms with E-state index in [9.17, 15) is 0 Å². The first-order valence-corrected chi connectivity index (χ1v) is 3.30. The quantitative estimate of drug-likeness (QED) is 0.497. The maximum Gasteiger partial charge on any atom is 0.0142 e. The molecule has 50 valence electrons. The van der Waals surface area contributed by atoms with E-state index in [1.165, 1.54) is 19.4 Å². The monoisotopic (exact) mass is 153 g/mol. The Morgan fingerprint density at radius 2 is 2.25 bits per heavy atom. The summed E-state index contributed by atoms with van der Waals surface area (Å²) in [6.45, 7) is 2.29. The Hall–Kier alpha value is 0.600. The highest BCUT2D eigenvalue weighted by Gasteiger charge is 2.05. The predicted octanol–water partition coefficient (Wildman–Crippen LogP) is 1.09. The molecule has 1 nitrogen and oxygen atoms in total. The first kappa shape index (κ1) is 8.60. The van der Waals surface area contributed by atoms with Crippen molar-refractivity contribution in [2.75, 3.05) is 13.1 Å². The average Bonchev–Trinajstić information content (AvgIpc) is 1.69. The molecule has 1 rings (SSSR count). The summed E-state index contributed by atoms with van der Waals surface area (Å²) in [6.07, 6.45) is 2.59. The van der Waals surface area contributed by atoms with Crippen molar-refractivity contribution in [2.45, 2.75) is 18.1 Å². The van der Waals surface area contributed by atoms with E-state index in [0.29, 0.717) is 5.25 Å². The molecule has 1 atom stereocenters. The molecule has 1 N–H and O–H groups in total. The van der Waals surface area contributed by atoms with E-state index < -0.39 is 0 Å². The third-order valence-electron chi connectivity index (χ3n) is 1.27. The lowest BCUT2D eigenvalue weighted by molar-refractivity contribution is 0.533. The Morgan fingerprint density at radius 3 is 2.50 bits per heavy atom. The van der Waals surface area contributed by atoms with Crippen molar-refractivity contribution in [1.29, 1.82) is 0 Å². The number of halogens is 1. The standard InChI is InChI=1S/C5H11NS.ClH/c7-5-2-1-3-6-4-5;/h5-7H,1-4H2;1H/t5-;/m0./s1. The molecule has 8 heavy (non-hydrogen) atoms. The molecule has 1 aliphatic heterocycles. The van der Waals surface area contributed by atoms with Gasteiger partial charge in [-0.2, -0.15) is 12.6 Å². The number of hydrogen-bond donors (Lipinski definition) is 2. The van der Waals surface area contributed by atoms with Crippen LogP contribution in [0.1, 0.15) is 12.8 Å². The first-order valence-electron chi connectivity index (χ1n) is 2.78. The van der Waals surface area contributed by atoms with Crippen LogP contribution in [0.4, 0.5) is 0 Å². The number of rotatable bonds is 0. The van der Waals surface area contributed by atoms with Gasteiger partial charge in [0.15, 0.2) is 0 Å². The molecule has 1 fully saturated rings. The van der Waals surface area contributed by atoms with Gasteiger partial charge in [-0.1, -0.05) is 0 Å². The van der Waals surface area contributed by atoms with Gasteiger partial charge in [0.05, 0.1) is 0 Å². The SMILES string of the molecule is Cl.S[C@H]1CCCNC1. The van der Waals surface area contributed by atoms with E-state index in [1.807, 2.05) is 0 Å². The van der Waals surface area contributed by atoms with Crippen molar-refractivity contribution < 1.29 is 0 Å². The molecule has 0 bridgehead atoms. The summed E-state index contributed by atoms with van der Waals surface area (Å²) in [5.41, 5.74) is 0. The summed E-state index contributed by atoms with van der Waals surface area (Å²) < 4.78 is 0. The zero-order chi connectivity index (χ0) is 5.11. The topological polar surface area (TPSA) is 12.0 Å². The van der Waals surface area contributed by atoms with Gasteiger partial charge in [0.25, 0.3) is 0 Å². The Kier molecular flexibility index (Phi) is 4.81. The summed E-state index contributed by atoms with van der Waals surface area (Å²) in [6, 6.07) is 0. The molecule has 0 aliphatic carbocycles. The van der Waals surface area contributed by atoms with Crippen LogP contribution in [0, 0.1) is 0 Å². The van der Waals surface area contributed by atoms with Crippen LogP contribution in [0.5, 0.6) is 0 Å². The molecule has 0 saturated carbocycles. The molecular weight excluding hydrogens is 142 g/mol. The van der Waals surface area contributed by atoms with Crippen molar-refractivity contribution in [3.63, 3.8) is 0 Å². The fraction of sp³-hybridized carbons (Fsp3) is 1.00. The number of thiol groups is 1. The minimum Gasteiger partial charge on any atom is -0.316 e. The van der Waals surface area contributed by atoms with E-state index >= 15 is 0 Å². The Balaban J connectivity index is 0.000000490. The fourth-order valence-corrected chi connectivity index (χ4v) is 1.15. The van der Waals surface area contributed by atoms with E-state index in [1.54, 1.807) is 0 Å². The minimum absolute atomic E-state index is 0. The van der Waals surface area contributed by atoms with Crippen LogP contribution in [0.25, 0.3) is 0 Å². The molecule has 0 unspecified atom stereocenters. The summed E-state index contributed by atoms with van der Waals surface area (Å²) >= 11 is 4.30. The highest BCUT2D eigenvalue weighted by molar-refractivity contribution is 7.81. The third-order valence-corrected chi connectivity index (χ3v) is 1.71. The van der Waals surface area contributed by atoms with Gasteiger partial charge in [-0.05, 0) is 19.4 Å². The predicted molar refractivity (Wildman–Crippen MR) is 42.1 cm³/mol. The molecule has 0 aromatic carbocycles. The van der Waals surface area contributed by atoms with E-state index in [0.717, 1.165) is 6.54 Å². The van der Waals surface area contributed by atoms with Gasteiger partial charge in [-0.15, -0.1) is 12.4 Å². The lowest BCUT2D eigenvalue weighted by Crippen LogP contribution is -2.29. The van der Waals surface area contributed by atoms with Crippen molar-refractivity contribution in [3.05, 3.63) is 0 Å². The van der Waals surface area contributed by atoms with Gasteiger partial charge < -0.3 is 5.32 Å². The van der Waals surface area contributed by atoms with Gasteiger partial charge in [0.1, 0.15) is 0 Å². The third kappa shape index (κ3) is 2.80. The molecular formula is C5H12ClNS. The minimum atomic E-state index is 0. The molecule has 0 spiro atoms. The summed E-state index contributed by atoms with van der Waals surface area (Å²) in [5, 5.41) is 3.88. The van der Waals surface area contributed by atoms with Crippen molar-refractivity contribution in [1.82, 2.24) is 5.32 Å². The lowest BCUT2D eigenvalue weighted by Gasteiger charge is -2.16. The normalized spacial score (nSPS) is 28.9. The maximum absolute atomic E-state index is 4.30. The molecule has 0 amide bonds. The number of nitrogens with one attached hydrogen (secondary N) is 1. The molecule has 1 saturated heterocycles. The van der Waals surface area contributed by atoms with Gasteiger partial charge >= 0.3 is 0 Å². The molecule has 0 aromatic rings. The second-order valence-corrected chi connectivity index (χ2v) is 2.73. The maximum atomic E-state index is 4.30. The second-order valence-electron chi connectivity index (χ2n) is 2.00. The summed E-state index contributed by atoms with van der Waals surface area (Å²) in [7, 11) is 0. The number of piperidine rings is 1. The average molecular weight is 154 g/mol. The zero-order valence-electron chi connectivity index (χ0n) is 4.76. The second kappa shape index (κ2) is 4.48. The smallest absolute Gasteiger partial charge is 0.0142 e. The highest BCUT2D eigenvalue weighted by atomic mass is 35.5. The largest absolute Gasteiger partial charge is 0.316 e. The highest BCUT2D eigenvalue weighted by Crippen LogP contribution is 2.06. The van der Waals surface area contributed by atoms with Crippen molar-refractivity contribution >= 4 is 25.0 Å². The van der Waals surface area contributed by atoms with Gasteiger partial charge in [-0.3, -0.25) is 0 Å². The summed E-state index contributed by atoms with van der Waals surface area (Å²) in [5.74, 6) is 0. The van der Waals surface area contributed by atoms with Crippen LogP contribution < -0.4 is 5.32 Å². The van der Waals surface area contributed by atoms with E-state index in [4.69, 9.17) is 0 Å². The van der Waals surface area contributed by atoms with Crippen molar-refractivity contribution in [2.24, 2.45) is 0 Å². The van der Waals surface area contributed by atoms with Crippen LogP contribution in [-0.4, -0.2) is 18.3 Å². The zero-order valence-corrected chi connectivity index (χ0v) is 6.47. The Labute approximate surface area is 62.1 Å². The van der Waals surface area contributed by atoms with E-state index in [2.05, 4.69) is 17.9 Å². The van der Waals surface area contributed by atoms with Gasteiger partial charge in [0, 0.05) is 11.8 Å². The van der Waals surface area contributed by atoms with Crippen LogP contribution >= 0.6 is 25.0 Å². The number of hydrogen-bond acceptors (Lipinski definition) is 2. The van der Waals surface area contributed by atoms with Crippen LogP contribution in [0.3, 0.4) is 0 Å². The molecule has 3 heteroatoms. The van der Waals surface area contributed by atoms with Crippen LogP contribution in [-0.2, 0) is 0 Å². The van der Waals surface area contributed by atoms with Crippen molar-refractivity contribution in [3.8, 4) is 0 Å². The molecule has 0 radical (unpaired) electrons. The van der Waals surface area contributed by atoms with E-state index in [-0.39, 0.29) is 12.4 Å². The first-order chi connectivity index (χ1) is 3.39. The lowest BCUT2D eigenvalue weighted by atomic mass is 10.2. The molecule has 1 aliphatic rings. The molecule has 0 aromatic heterocycles. The van der Waals surface area contributed by atoms with Crippen LogP contribution in [0.2, 0.25) is 0 Å². The molecule has 1 heterocycles. The Morgan fingerprint density at radius 1 is 1.50 bits per heavy atom.